The minimum Gasteiger partial charge on any atom is -0.453 e. The fourth-order valence-electron chi connectivity index (χ4n) is 3.83. The van der Waals surface area contributed by atoms with E-state index in [4.69, 9.17) is 12.3 Å². The summed E-state index contributed by atoms with van der Waals surface area (Å²) in [7, 11) is -8.50. The van der Waals surface area contributed by atoms with Crippen molar-refractivity contribution >= 4 is 65.4 Å². The van der Waals surface area contributed by atoms with Crippen molar-refractivity contribution in [3.05, 3.63) is 24.6 Å². The Kier molecular flexibility index (Phi) is 20.2. The molecule has 0 aromatic carbocycles. The maximum Gasteiger partial charge on any atom is 0.340 e. The summed E-state index contributed by atoms with van der Waals surface area (Å²) in [6.07, 6.45) is 7.21. The first-order valence-electron chi connectivity index (χ1n) is 13.4. The van der Waals surface area contributed by atoms with Crippen LogP contribution >= 0.6 is 23.5 Å². The first kappa shape index (κ1) is 38.3. The van der Waals surface area contributed by atoms with Crippen LogP contribution in [0.2, 0.25) is 77.1 Å². The zero-order chi connectivity index (χ0) is 27.8. The molecule has 0 saturated carbocycles. The molecule has 210 valence electrons. The van der Waals surface area contributed by atoms with E-state index in [-0.39, 0.29) is 0 Å². The van der Waals surface area contributed by atoms with E-state index >= 15 is 0 Å². The lowest BCUT2D eigenvalue weighted by Crippen LogP contribution is -2.53. The van der Waals surface area contributed by atoms with Gasteiger partial charge in [-0.25, -0.2) is 0 Å². The third-order valence-corrected chi connectivity index (χ3v) is 25.5. The topological polar surface area (TPSA) is 27.7 Å². The summed E-state index contributed by atoms with van der Waals surface area (Å²) in [5, 5.41) is 1.18. The molecule has 3 nitrogen and oxygen atoms in total. The van der Waals surface area contributed by atoms with Gasteiger partial charge < -0.3 is 12.3 Å². The lowest BCUT2D eigenvalue weighted by Gasteiger charge is -2.39. The van der Waals surface area contributed by atoms with Crippen LogP contribution < -0.4 is 0 Å². The van der Waals surface area contributed by atoms with Gasteiger partial charge in [0.05, 0.1) is 0 Å². The highest BCUT2D eigenvalue weighted by molar-refractivity contribution is 8.15. The fraction of sp³-hybridized carbons (Fsp3) is 0.840. The first-order chi connectivity index (χ1) is 15.9. The molecule has 10 heteroatoms. The molecule has 0 N–H and O–H groups in total. The Labute approximate surface area is 234 Å². The van der Waals surface area contributed by atoms with Crippen molar-refractivity contribution in [2.75, 3.05) is 17.1 Å². The van der Waals surface area contributed by atoms with Gasteiger partial charge in [-0.15, -0.1) is 13.2 Å². The fourth-order valence-corrected chi connectivity index (χ4v) is 27.0. The lowest BCUT2D eigenvalue weighted by atomic mass is 10.4. The van der Waals surface area contributed by atoms with Crippen LogP contribution in [0.25, 0.3) is 0 Å². The summed E-state index contributed by atoms with van der Waals surface area (Å²) < 4.78 is 19.5. The Morgan fingerprint density at radius 3 is 1.60 bits per heavy atom. The summed E-state index contributed by atoms with van der Waals surface area (Å²) in [5.74, 6) is 1.21. The Morgan fingerprint density at radius 2 is 1.20 bits per heavy atom. The van der Waals surface area contributed by atoms with Gasteiger partial charge in [-0.3, -0.25) is 0 Å². The van der Waals surface area contributed by atoms with Crippen molar-refractivity contribution in [1.29, 1.82) is 0 Å². The van der Waals surface area contributed by atoms with Gasteiger partial charge in [0, 0.05) is 5.08 Å². The summed E-state index contributed by atoms with van der Waals surface area (Å²) in [6.45, 7) is 32.8. The van der Waals surface area contributed by atoms with Crippen LogP contribution in [-0.2, 0) is 12.3 Å². The molecule has 0 amide bonds. The van der Waals surface area contributed by atoms with Crippen molar-refractivity contribution in [1.82, 2.24) is 0 Å². The predicted molar refractivity (Wildman–Crippen MR) is 180 cm³/mol. The zero-order valence-corrected chi connectivity index (χ0v) is 32.1. The Balaban J connectivity index is 0. The molecule has 0 spiro atoms. The minimum absolute atomic E-state index is 1.18. The third-order valence-electron chi connectivity index (χ3n) is 5.36. The number of hydrogen-bond acceptors (Lipinski definition) is 5. The molecule has 0 aromatic heterocycles. The summed E-state index contributed by atoms with van der Waals surface area (Å²) >= 11 is 3.94. The quantitative estimate of drug-likeness (QED) is 0.0822. The number of hydrogen-bond donors (Lipinski definition) is 0. The molecule has 0 aliphatic heterocycles. The van der Waals surface area contributed by atoms with Gasteiger partial charge in [-0.1, -0.05) is 50.9 Å². The molecule has 0 aromatic rings. The summed E-state index contributed by atoms with van der Waals surface area (Å²) in [5.41, 5.74) is 4.10. The SMILES string of the molecule is C=C[Si](C)(CCCC)O[Si](C)(C)C.C=C[Si](C)(O[Si](C)(C)C)O[Si](C)(CCCC)CCSCSC. The number of rotatable bonds is 19. The Bertz CT molecular complexity index is 586. The van der Waals surface area contributed by atoms with E-state index in [1.165, 1.54) is 54.7 Å². The number of thioether (sulfide) groups is 2. The largest absolute Gasteiger partial charge is 0.453 e. The van der Waals surface area contributed by atoms with Crippen LogP contribution in [0.1, 0.15) is 39.5 Å². The van der Waals surface area contributed by atoms with Gasteiger partial charge in [0.2, 0.25) is 8.32 Å². The van der Waals surface area contributed by atoms with E-state index < -0.39 is 41.8 Å². The maximum absolute atomic E-state index is 6.79. The molecule has 0 aliphatic rings. The average molecular weight is 613 g/mol. The smallest absolute Gasteiger partial charge is 0.340 e. The molecule has 0 rings (SSSR count). The van der Waals surface area contributed by atoms with E-state index in [9.17, 15) is 0 Å². The molecule has 3 unspecified atom stereocenters. The number of unbranched alkanes of at least 4 members (excludes halogenated alkanes) is 2. The van der Waals surface area contributed by atoms with Gasteiger partial charge >= 0.3 is 8.56 Å². The van der Waals surface area contributed by atoms with Crippen LogP contribution in [0.3, 0.4) is 0 Å². The van der Waals surface area contributed by atoms with Crippen LogP contribution in [0.4, 0.5) is 0 Å². The maximum atomic E-state index is 6.79. The van der Waals surface area contributed by atoms with Gasteiger partial charge in [-0.05, 0) is 89.1 Å². The molecule has 0 bridgehead atoms. The van der Waals surface area contributed by atoms with E-state index in [0.717, 1.165) is 0 Å². The summed E-state index contributed by atoms with van der Waals surface area (Å²) in [4.78, 5) is 0. The Morgan fingerprint density at radius 1 is 0.686 bits per heavy atom. The molecule has 0 radical (unpaired) electrons. The van der Waals surface area contributed by atoms with Gasteiger partial charge in [0.1, 0.15) is 0 Å². The predicted octanol–water partition coefficient (Wildman–Crippen LogP) is 10.0. The zero-order valence-electron chi connectivity index (χ0n) is 25.5. The van der Waals surface area contributed by atoms with Crippen LogP contribution in [0.15, 0.2) is 24.6 Å². The molecule has 3 atom stereocenters. The highest BCUT2D eigenvalue weighted by Crippen LogP contribution is 2.29. The molecule has 0 aliphatic carbocycles. The summed E-state index contributed by atoms with van der Waals surface area (Å²) in [6, 6.07) is 3.70. The molecule has 0 saturated heterocycles. The van der Waals surface area contributed by atoms with Gasteiger partial charge in [0.25, 0.3) is 0 Å². The van der Waals surface area contributed by atoms with Crippen molar-refractivity contribution < 1.29 is 12.3 Å². The monoisotopic (exact) mass is 612 g/mol. The van der Waals surface area contributed by atoms with Crippen molar-refractivity contribution in [2.45, 2.75) is 117 Å². The molecular formula is C25H60O3S2Si5. The Hall–Kier alpha value is 1.14. The second-order valence-corrected chi connectivity index (χ2v) is 35.1. The van der Waals surface area contributed by atoms with Crippen LogP contribution in [0.5, 0.6) is 0 Å². The molecular weight excluding hydrogens is 553 g/mol. The molecule has 0 heterocycles. The van der Waals surface area contributed by atoms with E-state index in [2.05, 4.69) is 97.9 Å². The standard InChI is InChI=1S/C15H36O2S2Si3.C10H24OSi2/c1-9-11-13-21(7,14-12-19-15-18-3)17-22(8,10-2)16-20(4,5)6;1-7-9-10-13(6,8-2)11-12(3,4)5/h10H,2,9,11-15H2,1,3-8H3;8H,2,7,9-10H2,1,3-6H3. The third kappa shape index (κ3) is 21.7. The molecule has 0 fully saturated rings. The van der Waals surface area contributed by atoms with Gasteiger partial charge in [0.15, 0.2) is 25.0 Å². The van der Waals surface area contributed by atoms with E-state index in [1.54, 1.807) is 0 Å². The second kappa shape index (κ2) is 18.4. The van der Waals surface area contributed by atoms with Crippen molar-refractivity contribution in [2.24, 2.45) is 0 Å². The van der Waals surface area contributed by atoms with Crippen molar-refractivity contribution in [3.63, 3.8) is 0 Å². The van der Waals surface area contributed by atoms with Crippen LogP contribution in [-0.4, -0.2) is 58.9 Å². The molecule has 35 heavy (non-hydrogen) atoms. The van der Waals surface area contributed by atoms with Gasteiger partial charge in [-0.2, -0.15) is 23.5 Å². The van der Waals surface area contributed by atoms with E-state index in [0.29, 0.717) is 0 Å². The first-order valence-corrected chi connectivity index (χ1v) is 30.6. The second-order valence-electron chi connectivity index (χ2n) is 12.0. The highest BCUT2D eigenvalue weighted by atomic mass is 32.2. The van der Waals surface area contributed by atoms with Crippen molar-refractivity contribution in [3.8, 4) is 0 Å². The van der Waals surface area contributed by atoms with E-state index in [1.807, 2.05) is 29.2 Å². The lowest BCUT2D eigenvalue weighted by molar-refractivity contribution is 0.395. The highest BCUT2D eigenvalue weighted by Gasteiger charge is 2.41. The van der Waals surface area contributed by atoms with Crippen LogP contribution in [0, 0.1) is 0 Å². The minimum atomic E-state index is -2.24. The average Bonchev–Trinajstić information content (AvgIpc) is 2.72. The normalized spacial score (nSPS) is 17.4.